The highest BCUT2D eigenvalue weighted by molar-refractivity contribution is 7.99. The standard InChI is InChI=1S/C12H20N4S/c1-8(13-2)7-17-12-15-14-11(9-3-4-9)16(12)10-5-6-10/h8-10,13H,3-7H2,1-2H3. The number of nitrogens with zero attached hydrogens (tertiary/aromatic N) is 3. The molecule has 2 fully saturated rings. The maximum absolute atomic E-state index is 4.41. The minimum absolute atomic E-state index is 0.522. The monoisotopic (exact) mass is 252 g/mol. The van der Waals surface area contributed by atoms with Gasteiger partial charge in [-0.2, -0.15) is 0 Å². The molecule has 1 atom stereocenters. The van der Waals surface area contributed by atoms with E-state index in [1.165, 1.54) is 31.5 Å². The van der Waals surface area contributed by atoms with Gasteiger partial charge in [0.2, 0.25) is 0 Å². The summed E-state index contributed by atoms with van der Waals surface area (Å²) in [5, 5.41) is 13.2. The van der Waals surface area contributed by atoms with Crippen LogP contribution in [0.25, 0.3) is 0 Å². The smallest absolute Gasteiger partial charge is 0.191 e. The summed E-state index contributed by atoms with van der Waals surface area (Å²) >= 11 is 1.84. The number of aromatic nitrogens is 3. The van der Waals surface area contributed by atoms with Crippen molar-refractivity contribution in [2.45, 2.75) is 55.8 Å². The molecule has 17 heavy (non-hydrogen) atoms. The van der Waals surface area contributed by atoms with Gasteiger partial charge < -0.3 is 9.88 Å². The van der Waals surface area contributed by atoms with Crippen LogP contribution in [0.15, 0.2) is 5.16 Å². The Hall–Kier alpha value is -0.550. The summed E-state index contributed by atoms with van der Waals surface area (Å²) < 4.78 is 2.42. The Morgan fingerprint density at radius 2 is 2.12 bits per heavy atom. The van der Waals surface area contributed by atoms with E-state index in [4.69, 9.17) is 0 Å². The maximum atomic E-state index is 4.41. The Balaban J connectivity index is 1.74. The third-order valence-electron chi connectivity index (χ3n) is 3.50. The molecule has 2 aliphatic carbocycles. The first-order chi connectivity index (χ1) is 8.29. The van der Waals surface area contributed by atoms with E-state index < -0.39 is 0 Å². The second-order valence-electron chi connectivity index (χ2n) is 5.22. The number of thioether (sulfide) groups is 1. The van der Waals surface area contributed by atoms with Crippen LogP contribution in [-0.4, -0.2) is 33.6 Å². The van der Waals surface area contributed by atoms with Gasteiger partial charge in [-0.25, -0.2) is 0 Å². The number of rotatable bonds is 6. The van der Waals surface area contributed by atoms with Crippen molar-refractivity contribution >= 4 is 11.8 Å². The van der Waals surface area contributed by atoms with Crippen molar-refractivity contribution in [1.29, 1.82) is 0 Å². The van der Waals surface area contributed by atoms with E-state index in [1.54, 1.807) is 0 Å². The SMILES string of the molecule is CNC(C)CSc1nnc(C2CC2)n1C1CC1. The predicted octanol–water partition coefficient (Wildman–Crippen LogP) is 2.19. The fourth-order valence-corrected chi connectivity index (χ4v) is 3.01. The Bertz CT molecular complexity index is 395. The van der Waals surface area contributed by atoms with Crippen molar-refractivity contribution in [1.82, 2.24) is 20.1 Å². The lowest BCUT2D eigenvalue weighted by Crippen LogP contribution is -2.23. The molecule has 94 valence electrons. The van der Waals surface area contributed by atoms with Crippen LogP contribution in [0.1, 0.15) is 50.4 Å². The lowest BCUT2D eigenvalue weighted by atomic mass is 10.4. The van der Waals surface area contributed by atoms with Crippen molar-refractivity contribution in [3.05, 3.63) is 5.82 Å². The van der Waals surface area contributed by atoms with Crippen LogP contribution in [0.2, 0.25) is 0 Å². The molecule has 0 saturated heterocycles. The van der Waals surface area contributed by atoms with Crippen molar-refractivity contribution in [3.8, 4) is 0 Å². The average molecular weight is 252 g/mol. The zero-order valence-electron chi connectivity index (χ0n) is 10.5. The molecule has 1 N–H and O–H groups in total. The molecule has 2 saturated carbocycles. The van der Waals surface area contributed by atoms with Crippen LogP contribution < -0.4 is 5.32 Å². The van der Waals surface area contributed by atoms with Gasteiger partial charge in [-0.3, -0.25) is 0 Å². The number of hydrogen-bond donors (Lipinski definition) is 1. The summed E-state index contributed by atoms with van der Waals surface area (Å²) in [5.74, 6) is 3.03. The third-order valence-corrected chi connectivity index (χ3v) is 4.70. The summed E-state index contributed by atoms with van der Waals surface area (Å²) in [6.07, 6.45) is 5.24. The zero-order valence-corrected chi connectivity index (χ0v) is 11.3. The molecular weight excluding hydrogens is 232 g/mol. The van der Waals surface area contributed by atoms with Crippen LogP contribution in [0, 0.1) is 0 Å². The van der Waals surface area contributed by atoms with E-state index in [0.29, 0.717) is 18.0 Å². The second-order valence-corrected chi connectivity index (χ2v) is 6.20. The first-order valence-corrected chi connectivity index (χ1v) is 7.53. The lowest BCUT2D eigenvalue weighted by Gasteiger charge is -2.11. The van der Waals surface area contributed by atoms with Gasteiger partial charge in [0.25, 0.3) is 0 Å². The topological polar surface area (TPSA) is 42.7 Å². The Kier molecular flexibility index (Phi) is 3.13. The third kappa shape index (κ3) is 2.50. The molecule has 0 aromatic carbocycles. The van der Waals surface area contributed by atoms with E-state index in [1.807, 2.05) is 18.8 Å². The lowest BCUT2D eigenvalue weighted by molar-refractivity contribution is 0.623. The molecular formula is C12H20N4S. The minimum Gasteiger partial charge on any atom is -0.316 e. The van der Waals surface area contributed by atoms with Gasteiger partial charge in [-0.1, -0.05) is 11.8 Å². The second kappa shape index (κ2) is 4.61. The first-order valence-electron chi connectivity index (χ1n) is 6.54. The number of hydrogen-bond acceptors (Lipinski definition) is 4. The molecule has 0 radical (unpaired) electrons. The van der Waals surface area contributed by atoms with Crippen LogP contribution in [0.3, 0.4) is 0 Å². The van der Waals surface area contributed by atoms with E-state index in [-0.39, 0.29) is 0 Å². The zero-order chi connectivity index (χ0) is 11.8. The van der Waals surface area contributed by atoms with E-state index in [2.05, 4.69) is 27.0 Å². The van der Waals surface area contributed by atoms with Crippen molar-refractivity contribution < 1.29 is 0 Å². The van der Waals surface area contributed by atoms with Crippen LogP contribution in [0.5, 0.6) is 0 Å². The van der Waals surface area contributed by atoms with E-state index >= 15 is 0 Å². The highest BCUT2D eigenvalue weighted by Gasteiger charge is 2.36. The molecule has 5 heteroatoms. The quantitative estimate of drug-likeness (QED) is 0.788. The normalized spacial score (nSPS) is 21.8. The van der Waals surface area contributed by atoms with Gasteiger partial charge in [0.05, 0.1) is 0 Å². The van der Waals surface area contributed by atoms with Gasteiger partial charge in [-0.05, 0) is 39.7 Å². The molecule has 3 rings (SSSR count). The first kappa shape index (κ1) is 11.5. The van der Waals surface area contributed by atoms with Gasteiger partial charge in [0.15, 0.2) is 5.16 Å². The summed E-state index contributed by atoms with van der Waals surface area (Å²) in [6, 6.07) is 1.22. The van der Waals surface area contributed by atoms with Gasteiger partial charge in [0.1, 0.15) is 5.82 Å². The molecule has 2 aliphatic rings. The molecule has 1 aromatic heterocycles. The largest absolute Gasteiger partial charge is 0.316 e. The Morgan fingerprint density at radius 3 is 2.71 bits per heavy atom. The van der Waals surface area contributed by atoms with Crippen molar-refractivity contribution in [3.63, 3.8) is 0 Å². The molecule has 0 bridgehead atoms. The Morgan fingerprint density at radius 1 is 1.35 bits per heavy atom. The van der Waals surface area contributed by atoms with Crippen LogP contribution in [0.4, 0.5) is 0 Å². The number of nitrogens with one attached hydrogen (secondary N) is 1. The molecule has 1 heterocycles. The van der Waals surface area contributed by atoms with Gasteiger partial charge in [-0.15, -0.1) is 10.2 Å². The maximum Gasteiger partial charge on any atom is 0.191 e. The minimum atomic E-state index is 0.522. The predicted molar refractivity (Wildman–Crippen MR) is 69.5 cm³/mol. The molecule has 1 aromatic rings. The fraction of sp³-hybridized carbons (Fsp3) is 0.833. The van der Waals surface area contributed by atoms with E-state index in [9.17, 15) is 0 Å². The molecule has 0 spiro atoms. The fourth-order valence-electron chi connectivity index (χ4n) is 1.97. The van der Waals surface area contributed by atoms with Crippen LogP contribution >= 0.6 is 11.8 Å². The highest BCUT2D eigenvalue weighted by atomic mass is 32.2. The Labute approximate surface area is 107 Å². The summed E-state index contributed by atoms with van der Waals surface area (Å²) in [6.45, 7) is 2.20. The molecule has 1 unspecified atom stereocenters. The van der Waals surface area contributed by atoms with Crippen molar-refractivity contribution in [2.24, 2.45) is 0 Å². The van der Waals surface area contributed by atoms with Gasteiger partial charge in [0, 0.05) is 23.8 Å². The highest BCUT2D eigenvalue weighted by Crippen LogP contribution is 2.45. The average Bonchev–Trinajstić information content (AvgIpc) is 3.24. The molecule has 0 aliphatic heterocycles. The molecule has 4 nitrogen and oxygen atoms in total. The van der Waals surface area contributed by atoms with Crippen LogP contribution in [-0.2, 0) is 0 Å². The summed E-state index contributed by atoms with van der Waals surface area (Å²) in [4.78, 5) is 0. The van der Waals surface area contributed by atoms with Gasteiger partial charge >= 0.3 is 0 Å². The van der Waals surface area contributed by atoms with Crippen molar-refractivity contribution in [2.75, 3.05) is 12.8 Å². The summed E-state index contributed by atoms with van der Waals surface area (Å²) in [5.41, 5.74) is 0. The molecule has 0 amide bonds. The van der Waals surface area contributed by atoms with E-state index in [0.717, 1.165) is 10.9 Å². The summed E-state index contributed by atoms with van der Waals surface area (Å²) in [7, 11) is 2.01.